The van der Waals surface area contributed by atoms with Gasteiger partial charge in [-0.2, -0.15) is 5.10 Å². The van der Waals surface area contributed by atoms with Gasteiger partial charge in [0.2, 0.25) is 0 Å². The molecule has 19 heavy (non-hydrogen) atoms. The van der Waals surface area contributed by atoms with Crippen LogP contribution in [0.2, 0.25) is 0 Å². The number of benzene rings is 1. The van der Waals surface area contributed by atoms with Crippen molar-refractivity contribution in [3.8, 4) is 0 Å². The van der Waals surface area contributed by atoms with E-state index in [1.54, 1.807) is 6.92 Å². The van der Waals surface area contributed by atoms with E-state index in [0.29, 0.717) is 5.56 Å². The minimum atomic E-state index is -0.157. The minimum Gasteiger partial charge on any atom is -0.313 e. The van der Waals surface area contributed by atoms with E-state index < -0.39 is 0 Å². The van der Waals surface area contributed by atoms with E-state index in [0.717, 1.165) is 17.7 Å². The highest BCUT2D eigenvalue weighted by atomic mass is 19.1. The maximum Gasteiger partial charge on any atom is 0.126 e. The van der Waals surface area contributed by atoms with E-state index in [4.69, 9.17) is 0 Å². The molecule has 3 nitrogen and oxygen atoms in total. The monoisotopic (exact) mass is 261 g/mol. The normalized spacial score (nSPS) is 12.7. The van der Waals surface area contributed by atoms with Crippen LogP contribution < -0.4 is 5.32 Å². The standard InChI is InChI=1S/C15H20FN3/c1-10-7-12(5-6-14(10)16)15(17-3)9-13-8-11(2)18-19(13)4/h5-8,15,17H,9H2,1-4H3. The highest BCUT2D eigenvalue weighted by Gasteiger charge is 2.14. The van der Waals surface area contributed by atoms with Crippen LogP contribution in [0.15, 0.2) is 24.3 Å². The van der Waals surface area contributed by atoms with E-state index in [-0.39, 0.29) is 11.9 Å². The molecule has 2 rings (SSSR count). The van der Waals surface area contributed by atoms with Gasteiger partial charge in [-0.25, -0.2) is 4.39 Å². The lowest BCUT2D eigenvalue weighted by Gasteiger charge is -2.17. The number of nitrogens with one attached hydrogen (secondary N) is 1. The van der Waals surface area contributed by atoms with Crippen molar-refractivity contribution in [1.82, 2.24) is 15.1 Å². The van der Waals surface area contributed by atoms with Gasteiger partial charge in [-0.05, 0) is 44.2 Å². The number of likely N-dealkylation sites (N-methyl/N-ethyl adjacent to an activating group) is 1. The number of nitrogens with zero attached hydrogens (tertiary/aromatic N) is 2. The fraction of sp³-hybridized carbons (Fsp3) is 0.400. The number of rotatable bonds is 4. The SMILES string of the molecule is CNC(Cc1cc(C)nn1C)c1ccc(F)c(C)c1. The van der Waals surface area contributed by atoms with Gasteiger partial charge in [-0.1, -0.05) is 12.1 Å². The molecular weight excluding hydrogens is 241 g/mol. The zero-order valence-electron chi connectivity index (χ0n) is 11.9. The van der Waals surface area contributed by atoms with E-state index >= 15 is 0 Å². The first kappa shape index (κ1) is 13.7. The summed E-state index contributed by atoms with van der Waals surface area (Å²) in [5.74, 6) is -0.157. The van der Waals surface area contributed by atoms with E-state index in [1.807, 2.05) is 37.8 Å². The van der Waals surface area contributed by atoms with Crippen LogP contribution in [0.1, 0.15) is 28.6 Å². The summed E-state index contributed by atoms with van der Waals surface area (Å²) in [6, 6.07) is 7.52. The molecular formula is C15H20FN3. The van der Waals surface area contributed by atoms with Gasteiger partial charge in [0.25, 0.3) is 0 Å². The number of hydrogen-bond acceptors (Lipinski definition) is 2. The van der Waals surface area contributed by atoms with Gasteiger partial charge >= 0.3 is 0 Å². The molecule has 1 N–H and O–H groups in total. The number of hydrogen-bond donors (Lipinski definition) is 1. The van der Waals surface area contributed by atoms with Gasteiger partial charge in [0.1, 0.15) is 5.82 Å². The number of halogens is 1. The van der Waals surface area contributed by atoms with Crippen LogP contribution >= 0.6 is 0 Å². The molecule has 0 aliphatic carbocycles. The summed E-state index contributed by atoms with van der Waals surface area (Å²) in [4.78, 5) is 0. The molecule has 0 fully saturated rings. The first-order chi connectivity index (χ1) is 9.01. The van der Waals surface area contributed by atoms with Crippen LogP contribution in [0.25, 0.3) is 0 Å². The topological polar surface area (TPSA) is 29.9 Å². The van der Waals surface area contributed by atoms with E-state index in [9.17, 15) is 4.39 Å². The average Bonchev–Trinajstić information content (AvgIpc) is 2.68. The molecule has 0 saturated heterocycles. The van der Waals surface area contributed by atoms with Crippen molar-refractivity contribution in [3.05, 3.63) is 52.6 Å². The maximum absolute atomic E-state index is 13.3. The summed E-state index contributed by atoms with van der Waals surface area (Å²) in [7, 11) is 3.87. The first-order valence-corrected chi connectivity index (χ1v) is 6.44. The Balaban J connectivity index is 2.24. The Morgan fingerprint density at radius 1 is 1.32 bits per heavy atom. The molecule has 0 aliphatic rings. The Labute approximate surface area is 113 Å². The van der Waals surface area contributed by atoms with Gasteiger partial charge in [0.15, 0.2) is 0 Å². The largest absolute Gasteiger partial charge is 0.313 e. The first-order valence-electron chi connectivity index (χ1n) is 6.44. The van der Waals surface area contributed by atoms with Crippen molar-refractivity contribution in [2.45, 2.75) is 26.3 Å². The fourth-order valence-electron chi connectivity index (χ4n) is 2.34. The maximum atomic E-state index is 13.3. The van der Waals surface area contributed by atoms with Crippen molar-refractivity contribution in [2.24, 2.45) is 7.05 Å². The summed E-state index contributed by atoms with van der Waals surface area (Å²) < 4.78 is 15.2. The van der Waals surface area contributed by atoms with Crippen molar-refractivity contribution < 1.29 is 4.39 Å². The Hall–Kier alpha value is -1.68. The van der Waals surface area contributed by atoms with Crippen LogP contribution in [0.4, 0.5) is 4.39 Å². The van der Waals surface area contributed by atoms with Gasteiger partial charge < -0.3 is 5.32 Å². The van der Waals surface area contributed by atoms with Crippen LogP contribution in [0.5, 0.6) is 0 Å². The quantitative estimate of drug-likeness (QED) is 0.917. The lowest BCUT2D eigenvalue weighted by molar-refractivity contribution is 0.557. The second kappa shape index (κ2) is 5.53. The zero-order chi connectivity index (χ0) is 14.0. The second-order valence-corrected chi connectivity index (χ2v) is 4.95. The van der Waals surface area contributed by atoms with Crippen LogP contribution in [0.3, 0.4) is 0 Å². The van der Waals surface area contributed by atoms with Gasteiger partial charge in [0, 0.05) is 25.2 Å². The second-order valence-electron chi connectivity index (χ2n) is 4.95. The lowest BCUT2D eigenvalue weighted by Crippen LogP contribution is -2.20. The zero-order valence-corrected chi connectivity index (χ0v) is 11.9. The lowest BCUT2D eigenvalue weighted by atomic mass is 10.00. The summed E-state index contributed by atoms with van der Waals surface area (Å²) in [6.45, 7) is 3.78. The third kappa shape index (κ3) is 3.01. The van der Waals surface area contributed by atoms with Gasteiger partial charge in [-0.3, -0.25) is 4.68 Å². The molecule has 1 aromatic heterocycles. The summed E-state index contributed by atoms with van der Waals surface area (Å²) in [6.07, 6.45) is 0.832. The Kier molecular flexibility index (Phi) is 4.00. The highest BCUT2D eigenvalue weighted by Crippen LogP contribution is 2.20. The van der Waals surface area contributed by atoms with Gasteiger partial charge in [-0.15, -0.1) is 0 Å². The number of aromatic nitrogens is 2. The van der Waals surface area contributed by atoms with Gasteiger partial charge in [0.05, 0.1) is 5.69 Å². The summed E-state index contributed by atoms with van der Waals surface area (Å²) in [5.41, 5.74) is 3.96. The van der Waals surface area contributed by atoms with E-state index in [2.05, 4.69) is 16.5 Å². The molecule has 1 unspecified atom stereocenters. The molecule has 1 atom stereocenters. The molecule has 1 heterocycles. The molecule has 102 valence electrons. The highest BCUT2D eigenvalue weighted by molar-refractivity contribution is 5.27. The van der Waals surface area contributed by atoms with Crippen molar-refractivity contribution >= 4 is 0 Å². The summed E-state index contributed by atoms with van der Waals surface area (Å²) >= 11 is 0. The predicted octanol–water partition coefficient (Wildman–Crippen LogP) is 2.68. The Bertz CT molecular complexity index is 575. The van der Waals surface area contributed by atoms with Crippen molar-refractivity contribution in [2.75, 3.05) is 7.05 Å². The minimum absolute atomic E-state index is 0.157. The third-order valence-corrected chi connectivity index (χ3v) is 3.44. The molecule has 0 spiro atoms. The Morgan fingerprint density at radius 2 is 2.05 bits per heavy atom. The van der Waals surface area contributed by atoms with Crippen LogP contribution in [0, 0.1) is 19.7 Å². The third-order valence-electron chi connectivity index (χ3n) is 3.44. The van der Waals surface area contributed by atoms with Crippen molar-refractivity contribution in [1.29, 1.82) is 0 Å². The predicted molar refractivity (Wildman–Crippen MR) is 74.6 cm³/mol. The molecule has 0 amide bonds. The van der Waals surface area contributed by atoms with Crippen LogP contribution in [-0.2, 0) is 13.5 Å². The molecule has 0 aliphatic heterocycles. The molecule has 1 aromatic carbocycles. The summed E-state index contributed by atoms with van der Waals surface area (Å²) in [5, 5.41) is 7.64. The smallest absolute Gasteiger partial charge is 0.126 e. The molecule has 0 bridgehead atoms. The fourth-order valence-corrected chi connectivity index (χ4v) is 2.34. The van der Waals surface area contributed by atoms with E-state index in [1.165, 1.54) is 11.8 Å². The van der Waals surface area contributed by atoms with Crippen LogP contribution in [-0.4, -0.2) is 16.8 Å². The molecule has 0 saturated carbocycles. The molecule has 4 heteroatoms. The van der Waals surface area contributed by atoms with Crippen molar-refractivity contribution in [3.63, 3.8) is 0 Å². The Morgan fingerprint density at radius 3 is 2.58 bits per heavy atom. The number of aryl methyl sites for hydroxylation is 3. The average molecular weight is 261 g/mol. The molecule has 2 aromatic rings. The molecule has 0 radical (unpaired) electrons.